The summed E-state index contributed by atoms with van der Waals surface area (Å²) in [6, 6.07) is 12.4. The third-order valence-corrected chi connectivity index (χ3v) is 7.07. The average Bonchev–Trinajstić information content (AvgIpc) is 3.13. The zero-order valence-electron chi connectivity index (χ0n) is 18.3. The molecule has 1 aromatic heterocycles. The van der Waals surface area contributed by atoms with Gasteiger partial charge < -0.3 is 5.32 Å². The van der Waals surface area contributed by atoms with Crippen LogP contribution in [0, 0.1) is 11.8 Å². The van der Waals surface area contributed by atoms with Crippen molar-refractivity contribution in [1.29, 1.82) is 0 Å². The highest BCUT2D eigenvalue weighted by atomic mass is 32.2. The van der Waals surface area contributed by atoms with Gasteiger partial charge in [-0.3, -0.25) is 14.9 Å². The maximum Gasteiger partial charge on any atom is 0.290 e. The van der Waals surface area contributed by atoms with Crippen molar-refractivity contribution in [1.82, 2.24) is 20.6 Å². The molecule has 7 heteroatoms. The number of rotatable bonds is 9. The lowest BCUT2D eigenvalue weighted by molar-refractivity contribution is -0.115. The minimum Gasteiger partial charge on any atom is -0.316 e. The van der Waals surface area contributed by atoms with E-state index in [1.54, 1.807) is 18.3 Å². The van der Waals surface area contributed by atoms with Crippen LogP contribution in [0.25, 0.3) is 6.08 Å². The number of hydrogen-bond donors (Lipinski definition) is 2. The number of hydrogen-bond acceptors (Lipinski definition) is 6. The maximum atomic E-state index is 11.7. The van der Waals surface area contributed by atoms with Crippen molar-refractivity contribution in [3.8, 4) is 0 Å². The number of aryl methyl sites for hydroxylation is 1. The minimum atomic E-state index is -0.355. The van der Waals surface area contributed by atoms with Crippen molar-refractivity contribution < 1.29 is 9.59 Å². The van der Waals surface area contributed by atoms with E-state index in [-0.39, 0.29) is 11.1 Å². The molecule has 168 valence electrons. The van der Waals surface area contributed by atoms with Gasteiger partial charge in [-0.05, 0) is 80.1 Å². The van der Waals surface area contributed by atoms with Crippen LogP contribution in [-0.4, -0.2) is 34.2 Å². The first-order chi connectivity index (χ1) is 15.7. The van der Waals surface area contributed by atoms with E-state index >= 15 is 0 Å². The third-order valence-electron chi connectivity index (χ3n) is 6.26. The average molecular weight is 451 g/mol. The van der Waals surface area contributed by atoms with Crippen LogP contribution in [0.1, 0.15) is 49.2 Å². The molecule has 2 amide bonds. The molecule has 2 heterocycles. The number of benzene rings is 1. The molecule has 1 aromatic carbocycles. The number of carbonyl (C=O) groups is 2. The molecule has 0 atom stereocenters. The molecule has 1 saturated carbocycles. The Kier molecular flexibility index (Phi) is 8.07. The van der Waals surface area contributed by atoms with Crippen molar-refractivity contribution in [2.45, 2.75) is 44.9 Å². The lowest BCUT2D eigenvalue weighted by atomic mass is 9.80. The summed E-state index contributed by atoms with van der Waals surface area (Å²) in [7, 11) is 0. The Hall–Kier alpha value is -2.51. The number of aromatic nitrogens is 2. The van der Waals surface area contributed by atoms with Gasteiger partial charge in [0.15, 0.2) is 0 Å². The molecule has 4 rings (SSSR count). The van der Waals surface area contributed by atoms with Gasteiger partial charge in [-0.2, -0.15) is 0 Å². The van der Waals surface area contributed by atoms with Gasteiger partial charge in [0.25, 0.3) is 11.1 Å². The second-order valence-corrected chi connectivity index (χ2v) is 9.63. The molecule has 32 heavy (non-hydrogen) atoms. The Morgan fingerprint density at radius 1 is 1.03 bits per heavy atom. The largest absolute Gasteiger partial charge is 0.316 e. The van der Waals surface area contributed by atoms with Crippen LogP contribution in [0.5, 0.6) is 0 Å². The Morgan fingerprint density at radius 2 is 1.81 bits per heavy atom. The molecule has 0 bridgehead atoms. The quantitative estimate of drug-likeness (QED) is 0.436. The fraction of sp³-hybridized carbons (Fsp3) is 0.440. The van der Waals surface area contributed by atoms with Gasteiger partial charge >= 0.3 is 0 Å². The fourth-order valence-electron chi connectivity index (χ4n) is 4.41. The highest BCUT2D eigenvalue weighted by molar-refractivity contribution is 8.18. The van der Waals surface area contributed by atoms with Gasteiger partial charge in [-0.1, -0.05) is 43.2 Å². The van der Waals surface area contributed by atoms with E-state index in [4.69, 9.17) is 0 Å². The molecule has 2 N–H and O–H groups in total. The summed E-state index contributed by atoms with van der Waals surface area (Å²) in [5.74, 6) is 1.96. The van der Waals surface area contributed by atoms with E-state index in [1.165, 1.54) is 31.2 Å². The minimum absolute atomic E-state index is 0.336. The van der Waals surface area contributed by atoms with Gasteiger partial charge in [-0.15, -0.1) is 0 Å². The zero-order valence-corrected chi connectivity index (χ0v) is 19.1. The normalized spacial score (nSPS) is 22.3. The number of amides is 2. The zero-order chi connectivity index (χ0) is 22.2. The molecule has 6 nitrogen and oxygen atoms in total. The van der Waals surface area contributed by atoms with Crippen LogP contribution >= 0.6 is 11.8 Å². The Bertz CT molecular complexity index is 955. The highest BCUT2D eigenvalue weighted by Gasteiger charge is 2.25. The van der Waals surface area contributed by atoms with Crippen molar-refractivity contribution in [3.63, 3.8) is 0 Å². The smallest absolute Gasteiger partial charge is 0.290 e. The fourth-order valence-corrected chi connectivity index (χ4v) is 5.08. The molecule has 0 spiro atoms. The summed E-state index contributed by atoms with van der Waals surface area (Å²) in [5.41, 5.74) is 2.07. The second kappa shape index (κ2) is 11.4. The van der Waals surface area contributed by atoms with E-state index < -0.39 is 0 Å². The first kappa shape index (κ1) is 22.7. The molecular weight excluding hydrogens is 420 g/mol. The topological polar surface area (TPSA) is 84.0 Å². The van der Waals surface area contributed by atoms with E-state index in [0.29, 0.717) is 10.6 Å². The summed E-state index contributed by atoms with van der Waals surface area (Å²) < 4.78 is 0. The van der Waals surface area contributed by atoms with Crippen LogP contribution in [0.3, 0.4) is 0 Å². The molecule has 0 radical (unpaired) electrons. The van der Waals surface area contributed by atoms with Crippen molar-refractivity contribution in [2.75, 3.05) is 13.1 Å². The molecule has 0 unspecified atom stereocenters. The van der Waals surface area contributed by atoms with Gasteiger partial charge in [0.05, 0.1) is 10.6 Å². The Labute approximate surface area is 193 Å². The summed E-state index contributed by atoms with van der Waals surface area (Å²) >= 11 is 0.912. The molecule has 1 aliphatic heterocycles. The predicted octanol–water partition coefficient (Wildman–Crippen LogP) is 4.37. The lowest BCUT2D eigenvalue weighted by Gasteiger charge is -2.28. The van der Waals surface area contributed by atoms with Crippen LogP contribution in [0.15, 0.2) is 47.5 Å². The SMILES string of the molecule is O=C1NC(=O)/C(=C/c2ccnc(CCC3CCC(CNCCc4ccccc4)CC3)n2)S1. The Balaban J connectivity index is 1.16. The predicted molar refractivity (Wildman–Crippen MR) is 128 cm³/mol. The monoisotopic (exact) mass is 450 g/mol. The number of thioether (sulfide) groups is 1. The van der Waals surface area contributed by atoms with Gasteiger partial charge in [0, 0.05) is 12.6 Å². The Morgan fingerprint density at radius 3 is 2.56 bits per heavy atom. The summed E-state index contributed by atoms with van der Waals surface area (Å²) in [6.45, 7) is 2.16. The summed E-state index contributed by atoms with van der Waals surface area (Å²) in [4.78, 5) is 32.4. The molecule has 1 saturated heterocycles. The van der Waals surface area contributed by atoms with Crippen molar-refractivity contribution >= 4 is 29.0 Å². The maximum absolute atomic E-state index is 11.7. The van der Waals surface area contributed by atoms with E-state index in [2.05, 4.69) is 50.9 Å². The van der Waals surface area contributed by atoms with E-state index in [0.717, 1.165) is 61.8 Å². The molecule has 2 aromatic rings. The molecule has 2 fully saturated rings. The molecule has 2 aliphatic rings. The van der Waals surface area contributed by atoms with Crippen molar-refractivity contribution in [3.05, 3.63) is 64.6 Å². The summed E-state index contributed by atoms with van der Waals surface area (Å²) in [5, 5.41) is 5.57. The van der Waals surface area contributed by atoms with Gasteiger partial charge in [0.2, 0.25) is 0 Å². The van der Waals surface area contributed by atoms with Crippen LogP contribution in [-0.2, 0) is 17.6 Å². The molecule has 1 aliphatic carbocycles. The number of nitrogens with zero attached hydrogens (tertiary/aromatic N) is 2. The first-order valence-corrected chi connectivity index (χ1v) is 12.3. The second-order valence-electron chi connectivity index (χ2n) is 8.62. The first-order valence-electron chi connectivity index (χ1n) is 11.5. The number of imide groups is 1. The third kappa shape index (κ3) is 6.74. The van der Waals surface area contributed by atoms with Crippen molar-refractivity contribution in [2.24, 2.45) is 11.8 Å². The van der Waals surface area contributed by atoms with E-state index in [1.807, 2.05) is 0 Å². The summed E-state index contributed by atoms with van der Waals surface area (Å²) in [6.07, 6.45) is 11.5. The van der Waals surface area contributed by atoms with E-state index in [9.17, 15) is 9.59 Å². The number of nitrogens with one attached hydrogen (secondary N) is 2. The molecular formula is C25H30N4O2S. The van der Waals surface area contributed by atoms with Crippen LogP contribution in [0.2, 0.25) is 0 Å². The highest BCUT2D eigenvalue weighted by Crippen LogP contribution is 2.31. The van der Waals surface area contributed by atoms with Crippen LogP contribution in [0.4, 0.5) is 4.79 Å². The lowest BCUT2D eigenvalue weighted by Crippen LogP contribution is -2.28. The number of carbonyl (C=O) groups excluding carboxylic acids is 2. The van der Waals surface area contributed by atoms with Gasteiger partial charge in [0.1, 0.15) is 5.82 Å². The van der Waals surface area contributed by atoms with Crippen LogP contribution < -0.4 is 10.6 Å². The van der Waals surface area contributed by atoms with Gasteiger partial charge in [-0.25, -0.2) is 9.97 Å². The standard InChI is InChI=1S/C25H30N4O2S/c30-24-22(32-25(31)29-24)16-21-13-15-27-23(28-21)11-10-19-6-8-20(9-7-19)17-26-14-12-18-4-2-1-3-5-18/h1-5,13,15-16,19-20,26H,6-12,14,17H2,(H,29,30,31)/b22-16-.